The zero-order valence-corrected chi connectivity index (χ0v) is 21.4. The molecule has 7 nitrogen and oxygen atoms in total. The smallest absolute Gasteiger partial charge is 0.355 e. The molecular weight excluding hydrogens is 510 g/mol. The third-order valence-electron chi connectivity index (χ3n) is 7.92. The number of hydrogen-bond donors (Lipinski definition) is 0. The van der Waals surface area contributed by atoms with Gasteiger partial charge in [0.25, 0.3) is 0 Å². The van der Waals surface area contributed by atoms with Crippen LogP contribution in [0.15, 0.2) is 30.5 Å². The lowest BCUT2D eigenvalue weighted by Gasteiger charge is -2.60. The summed E-state index contributed by atoms with van der Waals surface area (Å²) >= 11 is 6.25. The second-order valence-corrected chi connectivity index (χ2v) is 11.4. The third kappa shape index (κ3) is 3.85. The summed E-state index contributed by atoms with van der Waals surface area (Å²) in [5.41, 5.74) is -0.0197. The standard InChI is InChI=1S/C25H26ClF4N7/c1-15-6-20(31-8-18(15)27)34-11-24(12-34)13-35(14-24)22-33-32-21-10-36(23(2,3)25(28,29)30)9-16-7-17(26)4-5-19(16)37(21)22/h4-8H,9-14H2,1-3H3. The summed E-state index contributed by atoms with van der Waals surface area (Å²) in [4.78, 5) is 9.83. The molecule has 0 amide bonds. The molecule has 2 saturated heterocycles. The maximum atomic E-state index is 14.0. The van der Waals surface area contributed by atoms with Crippen LogP contribution in [0.1, 0.15) is 30.8 Å². The van der Waals surface area contributed by atoms with E-state index in [9.17, 15) is 17.6 Å². The lowest BCUT2D eigenvalue weighted by Crippen LogP contribution is -2.73. The minimum Gasteiger partial charge on any atom is -0.355 e. The van der Waals surface area contributed by atoms with E-state index in [1.165, 1.54) is 24.9 Å². The molecule has 0 saturated carbocycles. The number of pyridine rings is 1. The van der Waals surface area contributed by atoms with Gasteiger partial charge in [-0.05, 0) is 56.2 Å². The Hall–Kier alpha value is -2.92. The first kappa shape index (κ1) is 24.4. The number of halogens is 5. The summed E-state index contributed by atoms with van der Waals surface area (Å²) < 4.78 is 57.3. The minimum atomic E-state index is -4.43. The zero-order valence-electron chi connectivity index (χ0n) is 20.6. The molecule has 0 unspecified atom stereocenters. The van der Waals surface area contributed by atoms with E-state index in [0.29, 0.717) is 27.9 Å². The fourth-order valence-electron chi connectivity index (χ4n) is 5.49. The van der Waals surface area contributed by atoms with Crippen molar-refractivity contribution in [2.24, 2.45) is 5.41 Å². The van der Waals surface area contributed by atoms with Crippen LogP contribution in [-0.2, 0) is 13.1 Å². The van der Waals surface area contributed by atoms with E-state index in [1.54, 1.807) is 25.1 Å². The molecule has 0 bridgehead atoms. The first-order chi connectivity index (χ1) is 17.4. The van der Waals surface area contributed by atoms with Gasteiger partial charge in [-0.15, -0.1) is 10.2 Å². The molecule has 37 heavy (non-hydrogen) atoms. The average molecular weight is 536 g/mol. The predicted octanol–water partition coefficient (Wildman–Crippen LogP) is 4.75. The normalized spacial score (nSPS) is 19.2. The van der Waals surface area contributed by atoms with Crippen LogP contribution >= 0.6 is 11.6 Å². The number of hydrogen-bond acceptors (Lipinski definition) is 6. The van der Waals surface area contributed by atoms with Crippen molar-refractivity contribution in [2.45, 2.75) is 45.6 Å². The fraction of sp³-hybridized carbons (Fsp3) is 0.480. The van der Waals surface area contributed by atoms with Crippen LogP contribution in [0, 0.1) is 18.2 Å². The molecule has 0 radical (unpaired) electrons. The summed E-state index contributed by atoms with van der Waals surface area (Å²) in [6, 6.07) is 7.03. The lowest BCUT2D eigenvalue weighted by molar-refractivity contribution is -0.224. The van der Waals surface area contributed by atoms with Crippen molar-refractivity contribution < 1.29 is 17.6 Å². The highest BCUT2D eigenvalue weighted by atomic mass is 35.5. The minimum absolute atomic E-state index is 0.00580. The van der Waals surface area contributed by atoms with Crippen molar-refractivity contribution in [3.8, 4) is 5.69 Å². The van der Waals surface area contributed by atoms with Gasteiger partial charge in [0.1, 0.15) is 17.2 Å². The van der Waals surface area contributed by atoms with Gasteiger partial charge in [-0.1, -0.05) is 11.6 Å². The molecule has 196 valence electrons. The van der Waals surface area contributed by atoms with Crippen molar-refractivity contribution in [1.82, 2.24) is 24.6 Å². The monoisotopic (exact) mass is 535 g/mol. The van der Waals surface area contributed by atoms with E-state index in [-0.39, 0.29) is 24.3 Å². The molecule has 0 N–H and O–H groups in total. The highest BCUT2D eigenvalue weighted by Crippen LogP contribution is 2.45. The van der Waals surface area contributed by atoms with Gasteiger partial charge in [-0.25, -0.2) is 9.37 Å². The second kappa shape index (κ2) is 8.04. The van der Waals surface area contributed by atoms with E-state index in [0.717, 1.165) is 37.7 Å². The number of fused-ring (bicyclic) bond motifs is 3. The van der Waals surface area contributed by atoms with E-state index in [1.807, 2.05) is 10.6 Å². The number of nitrogens with zero attached hydrogens (tertiary/aromatic N) is 7. The van der Waals surface area contributed by atoms with Crippen LogP contribution in [0.3, 0.4) is 0 Å². The number of benzene rings is 1. The topological polar surface area (TPSA) is 53.3 Å². The van der Waals surface area contributed by atoms with Gasteiger partial charge in [0.05, 0.1) is 18.4 Å². The lowest BCUT2D eigenvalue weighted by atomic mass is 9.73. The number of anilines is 2. The van der Waals surface area contributed by atoms with Gasteiger partial charge < -0.3 is 9.80 Å². The molecule has 12 heteroatoms. The van der Waals surface area contributed by atoms with Gasteiger partial charge in [-0.2, -0.15) is 13.2 Å². The maximum absolute atomic E-state index is 14.0. The SMILES string of the molecule is Cc1cc(N2CC3(C2)CN(c2nnc4n2-c2ccc(Cl)cc2CN(C(C)(C)C(F)(F)F)C4)C3)ncc1F. The van der Waals surface area contributed by atoms with Gasteiger partial charge in [-0.3, -0.25) is 9.47 Å². The first-order valence-electron chi connectivity index (χ1n) is 12.0. The third-order valence-corrected chi connectivity index (χ3v) is 8.15. The summed E-state index contributed by atoms with van der Waals surface area (Å²) in [6.45, 7) is 7.23. The fourth-order valence-corrected chi connectivity index (χ4v) is 5.69. The number of rotatable bonds is 3. The zero-order chi connectivity index (χ0) is 26.3. The summed E-state index contributed by atoms with van der Waals surface area (Å²) in [5.74, 6) is 1.51. The van der Waals surface area contributed by atoms with Crippen LogP contribution in [-0.4, -0.2) is 62.5 Å². The van der Waals surface area contributed by atoms with Crippen LogP contribution in [0.5, 0.6) is 0 Å². The van der Waals surface area contributed by atoms with Gasteiger partial charge in [0.15, 0.2) is 5.82 Å². The Bertz CT molecular complexity index is 1370. The van der Waals surface area contributed by atoms with Crippen LogP contribution in [0.25, 0.3) is 5.69 Å². The highest BCUT2D eigenvalue weighted by molar-refractivity contribution is 6.30. The molecule has 1 spiro atoms. The molecule has 3 aliphatic rings. The molecule has 0 aliphatic carbocycles. The summed E-state index contributed by atoms with van der Waals surface area (Å²) in [7, 11) is 0. The van der Waals surface area contributed by atoms with Gasteiger partial charge in [0, 0.05) is 43.2 Å². The maximum Gasteiger partial charge on any atom is 0.406 e. The Kier molecular flexibility index (Phi) is 5.30. The Balaban J connectivity index is 1.26. The first-order valence-corrected chi connectivity index (χ1v) is 12.4. The van der Waals surface area contributed by atoms with Crippen molar-refractivity contribution in [3.63, 3.8) is 0 Å². The average Bonchev–Trinajstić information content (AvgIpc) is 3.08. The molecule has 2 fully saturated rings. The van der Waals surface area contributed by atoms with E-state index < -0.39 is 11.7 Å². The quantitative estimate of drug-likeness (QED) is 0.451. The molecule has 3 aromatic rings. The molecule has 2 aromatic heterocycles. The van der Waals surface area contributed by atoms with E-state index in [2.05, 4.69) is 25.0 Å². The van der Waals surface area contributed by atoms with Crippen molar-refractivity contribution in [2.75, 3.05) is 36.0 Å². The van der Waals surface area contributed by atoms with Crippen molar-refractivity contribution in [3.05, 3.63) is 58.3 Å². The Morgan fingerprint density at radius 1 is 0.973 bits per heavy atom. The number of alkyl halides is 3. The Morgan fingerprint density at radius 2 is 1.68 bits per heavy atom. The Labute approximate surface area is 216 Å². The van der Waals surface area contributed by atoms with Crippen molar-refractivity contribution >= 4 is 23.4 Å². The van der Waals surface area contributed by atoms with Crippen molar-refractivity contribution in [1.29, 1.82) is 0 Å². The predicted molar refractivity (Wildman–Crippen MR) is 132 cm³/mol. The van der Waals surface area contributed by atoms with Crippen LogP contribution < -0.4 is 9.80 Å². The molecular formula is C25H26ClF4N7. The number of aromatic nitrogens is 4. The van der Waals surface area contributed by atoms with Crippen LogP contribution in [0.2, 0.25) is 5.02 Å². The summed E-state index contributed by atoms with van der Waals surface area (Å²) in [5, 5.41) is 9.21. The molecule has 1 aromatic carbocycles. The second-order valence-electron chi connectivity index (χ2n) is 10.9. The van der Waals surface area contributed by atoms with Gasteiger partial charge >= 0.3 is 6.18 Å². The molecule has 5 heterocycles. The number of aryl methyl sites for hydroxylation is 1. The van der Waals surface area contributed by atoms with E-state index >= 15 is 0 Å². The van der Waals surface area contributed by atoms with Gasteiger partial charge in [0.2, 0.25) is 5.95 Å². The highest BCUT2D eigenvalue weighted by Gasteiger charge is 2.54. The Morgan fingerprint density at radius 3 is 2.35 bits per heavy atom. The summed E-state index contributed by atoms with van der Waals surface area (Å²) in [6.07, 6.45) is -3.18. The van der Waals surface area contributed by atoms with Crippen LogP contribution in [0.4, 0.5) is 29.3 Å². The molecule has 3 aliphatic heterocycles. The van der Waals surface area contributed by atoms with E-state index in [4.69, 9.17) is 11.6 Å². The molecule has 0 atom stereocenters. The largest absolute Gasteiger partial charge is 0.406 e. The molecule has 6 rings (SSSR count).